The maximum Gasteiger partial charge on any atom is 0.244 e. The second-order valence-corrected chi connectivity index (χ2v) is 9.52. The summed E-state index contributed by atoms with van der Waals surface area (Å²) < 4.78 is 58.3. The predicted octanol–water partition coefficient (Wildman–Crippen LogP) is 2.50. The van der Waals surface area contributed by atoms with Crippen molar-refractivity contribution in [2.24, 2.45) is 0 Å². The molecule has 7 nitrogen and oxygen atoms in total. The average Bonchev–Trinajstić information content (AvgIpc) is 2.71. The number of hydrogen-bond donors (Lipinski definition) is 1. The molecule has 0 spiro atoms. The molecule has 1 unspecified atom stereocenters. The Morgan fingerprint density at radius 3 is 2.59 bits per heavy atom. The largest absolute Gasteiger partial charge is 0.379 e. The van der Waals surface area contributed by atoms with Gasteiger partial charge in [-0.2, -0.15) is 4.31 Å². The van der Waals surface area contributed by atoms with Crippen LogP contribution < -0.4 is 5.32 Å². The molecule has 1 aromatic carbocycles. The minimum atomic E-state index is -3.64. The predicted molar refractivity (Wildman–Crippen MR) is 104 cm³/mol. The number of nitrogens with zero attached hydrogens (tertiary/aromatic N) is 2. The summed E-state index contributed by atoms with van der Waals surface area (Å²) in [5.74, 6) is -2.10. The Balaban J connectivity index is 1.63. The fraction of sp³-hybridized carbons (Fsp3) is 0.333. The lowest BCUT2D eigenvalue weighted by atomic mass is 10.3. The summed E-state index contributed by atoms with van der Waals surface area (Å²) in [6, 6.07) is 5.82. The summed E-state index contributed by atoms with van der Waals surface area (Å²) in [6.45, 7) is 2.87. The van der Waals surface area contributed by atoms with E-state index in [0.29, 0.717) is 24.3 Å². The summed E-state index contributed by atoms with van der Waals surface area (Å²) in [5, 5.41) is 2.19. The molecule has 1 fully saturated rings. The van der Waals surface area contributed by atoms with E-state index in [0.717, 1.165) is 23.9 Å². The lowest BCUT2D eigenvalue weighted by Gasteiger charge is -2.25. The number of benzene rings is 1. The third-order valence-electron chi connectivity index (χ3n) is 4.17. The molecule has 0 bridgehead atoms. The third kappa shape index (κ3) is 5.30. The van der Waals surface area contributed by atoms with Gasteiger partial charge in [-0.25, -0.2) is 22.2 Å². The van der Waals surface area contributed by atoms with Gasteiger partial charge in [-0.1, -0.05) is 11.8 Å². The number of carbonyl (C=O) groups excluding carboxylic acids is 1. The summed E-state index contributed by atoms with van der Waals surface area (Å²) in [7, 11) is -3.64. The van der Waals surface area contributed by atoms with Crippen molar-refractivity contribution in [3.05, 3.63) is 48.2 Å². The Labute approximate surface area is 171 Å². The zero-order valence-corrected chi connectivity index (χ0v) is 17.1. The van der Waals surface area contributed by atoms with Crippen LogP contribution in [0.3, 0.4) is 0 Å². The quantitative estimate of drug-likeness (QED) is 0.691. The number of morpholine rings is 1. The minimum absolute atomic E-state index is 0.0641. The van der Waals surface area contributed by atoms with Gasteiger partial charge < -0.3 is 10.1 Å². The second-order valence-electron chi connectivity index (χ2n) is 6.22. The van der Waals surface area contributed by atoms with Crippen molar-refractivity contribution in [1.82, 2.24) is 9.29 Å². The van der Waals surface area contributed by atoms with E-state index in [1.165, 1.54) is 22.6 Å². The molecule has 0 radical (unpaired) electrons. The minimum Gasteiger partial charge on any atom is -0.379 e. The van der Waals surface area contributed by atoms with Crippen molar-refractivity contribution in [2.75, 3.05) is 31.6 Å². The number of sulfonamides is 1. The van der Waals surface area contributed by atoms with Gasteiger partial charge in [0.15, 0.2) is 0 Å². The Morgan fingerprint density at radius 1 is 1.24 bits per heavy atom. The maximum atomic E-state index is 13.7. The lowest BCUT2D eigenvalue weighted by molar-refractivity contribution is -0.115. The fourth-order valence-corrected chi connectivity index (χ4v) is 4.73. The first-order chi connectivity index (χ1) is 13.8. The normalized spacial score (nSPS) is 16.4. The summed E-state index contributed by atoms with van der Waals surface area (Å²) >= 11 is 1.09. The van der Waals surface area contributed by atoms with Gasteiger partial charge >= 0.3 is 0 Å². The summed E-state index contributed by atoms with van der Waals surface area (Å²) in [5.41, 5.74) is -0.122. The van der Waals surface area contributed by atoms with Gasteiger partial charge in [-0.3, -0.25) is 4.79 Å². The van der Waals surface area contributed by atoms with Crippen molar-refractivity contribution >= 4 is 33.4 Å². The Kier molecular flexibility index (Phi) is 6.83. The van der Waals surface area contributed by atoms with Gasteiger partial charge in [-0.05, 0) is 31.2 Å². The van der Waals surface area contributed by atoms with Gasteiger partial charge in [0.2, 0.25) is 15.9 Å². The first-order valence-electron chi connectivity index (χ1n) is 8.74. The number of carbonyl (C=O) groups is 1. The molecule has 2 heterocycles. The molecule has 1 aliphatic rings. The van der Waals surface area contributed by atoms with E-state index in [4.69, 9.17) is 4.74 Å². The van der Waals surface area contributed by atoms with E-state index in [1.807, 2.05) is 0 Å². The lowest BCUT2D eigenvalue weighted by Crippen LogP contribution is -2.40. The number of anilines is 1. The molecule has 1 amide bonds. The van der Waals surface area contributed by atoms with Gasteiger partial charge in [-0.15, -0.1) is 0 Å². The van der Waals surface area contributed by atoms with Crippen LogP contribution in [0, 0.1) is 11.6 Å². The van der Waals surface area contributed by atoms with Crippen LogP contribution in [0.1, 0.15) is 6.92 Å². The van der Waals surface area contributed by atoms with Crippen LogP contribution in [0.25, 0.3) is 0 Å². The highest BCUT2D eigenvalue weighted by Gasteiger charge is 2.26. The van der Waals surface area contributed by atoms with Crippen LogP contribution in [0.2, 0.25) is 0 Å². The highest BCUT2D eigenvalue weighted by Crippen LogP contribution is 2.25. The Bertz CT molecular complexity index is 981. The standard InChI is InChI=1S/C18H19F2N3O4S2/c1-12(18(24)22-16-4-2-13(19)10-15(16)20)28-17-5-3-14(11-21-17)29(25,26)23-6-8-27-9-7-23/h2-5,10-12H,6-9H2,1H3,(H,22,24). The van der Waals surface area contributed by atoms with E-state index in [1.54, 1.807) is 6.92 Å². The van der Waals surface area contributed by atoms with E-state index in [-0.39, 0.29) is 23.7 Å². The monoisotopic (exact) mass is 443 g/mol. The molecule has 156 valence electrons. The van der Waals surface area contributed by atoms with Crippen LogP contribution in [0.4, 0.5) is 14.5 Å². The molecule has 3 rings (SSSR count). The van der Waals surface area contributed by atoms with Crippen molar-refractivity contribution < 1.29 is 26.7 Å². The summed E-state index contributed by atoms with van der Waals surface area (Å²) in [4.78, 5) is 16.4. The van der Waals surface area contributed by atoms with Crippen LogP contribution in [-0.2, 0) is 19.6 Å². The van der Waals surface area contributed by atoms with Gasteiger partial charge in [0, 0.05) is 25.4 Å². The van der Waals surface area contributed by atoms with E-state index in [9.17, 15) is 22.0 Å². The number of hydrogen-bond acceptors (Lipinski definition) is 6. The number of ether oxygens (including phenoxy) is 1. The first-order valence-corrected chi connectivity index (χ1v) is 11.1. The summed E-state index contributed by atoms with van der Waals surface area (Å²) in [6.07, 6.45) is 1.25. The van der Waals surface area contributed by atoms with Crippen molar-refractivity contribution in [3.8, 4) is 0 Å². The zero-order valence-electron chi connectivity index (χ0n) is 15.5. The SMILES string of the molecule is CC(Sc1ccc(S(=O)(=O)N2CCOCC2)cn1)C(=O)Nc1ccc(F)cc1F. The fourth-order valence-electron chi connectivity index (χ4n) is 2.58. The molecule has 1 saturated heterocycles. The van der Waals surface area contributed by atoms with Crippen LogP contribution in [-0.4, -0.2) is 55.2 Å². The van der Waals surface area contributed by atoms with E-state index in [2.05, 4.69) is 10.3 Å². The smallest absolute Gasteiger partial charge is 0.244 e. The number of thioether (sulfide) groups is 1. The maximum absolute atomic E-state index is 13.7. The Hall–Kier alpha value is -2.08. The molecule has 2 aromatic rings. The molecule has 29 heavy (non-hydrogen) atoms. The molecule has 11 heteroatoms. The van der Waals surface area contributed by atoms with E-state index < -0.39 is 32.8 Å². The van der Waals surface area contributed by atoms with Crippen molar-refractivity contribution in [1.29, 1.82) is 0 Å². The van der Waals surface area contributed by atoms with Crippen LogP contribution >= 0.6 is 11.8 Å². The topological polar surface area (TPSA) is 88.6 Å². The van der Waals surface area contributed by atoms with Crippen LogP contribution in [0.15, 0.2) is 46.5 Å². The number of halogens is 2. The van der Waals surface area contributed by atoms with Gasteiger partial charge in [0.25, 0.3) is 0 Å². The third-order valence-corrected chi connectivity index (χ3v) is 7.11. The number of aromatic nitrogens is 1. The molecular weight excluding hydrogens is 424 g/mol. The second kappa shape index (κ2) is 9.16. The number of rotatable bonds is 6. The number of amides is 1. The Morgan fingerprint density at radius 2 is 1.97 bits per heavy atom. The van der Waals surface area contributed by atoms with Crippen LogP contribution in [0.5, 0.6) is 0 Å². The average molecular weight is 443 g/mol. The molecule has 1 N–H and O–H groups in total. The molecule has 0 saturated carbocycles. The van der Waals surface area contributed by atoms with Crippen molar-refractivity contribution in [3.63, 3.8) is 0 Å². The number of pyridine rings is 1. The molecule has 1 atom stereocenters. The highest BCUT2D eigenvalue weighted by molar-refractivity contribution is 8.00. The molecule has 1 aromatic heterocycles. The van der Waals surface area contributed by atoms with E-state index >= 15 is 0 Å². The number of nitrogens with one attached hydrogen (secondary N) is 1. The van der Waals surface area contributed by atoms with Gasteiger partial charge in [0.05, 0.1) is 29.2 Å². The highest BCUT2D eigenvalue weighted by atomic mass is 32.2. The van der Waals surface area contributed by atoms with Gasteiger partial charge in [0.1, 0.15) is 16.5 Å². The first kappa shape index (κ1) is 21.6. The zero-order chi connectivity index (χ0) is 21.0. The van der Waals surface area contributed by atoms with Crippen molar-refractivity contribution in [2.45, 2.75) is 22.1 Å². The molecular formula is C18H19F2N3O4S2. The molecule has 0 aliphatic carbocycles. The molecule has 1 aliphatic heterocycles.